The Hall–Kier alpha value is -1.88. The van der Waals surface area contributed by atoms with Gasteiger partial charge in [0.2, 0.25) is 0 Å². The number of rotatable bonds is 5. The Morgan fingerprint density at radius 1 is 1.30 bits per heavy atom. The Kier molecular flexibility index (Phi) is 5.70. The summed E-state index contributed by atoms with van der Waals surface area (Å²) in [6.45, 7) is 1.78. The largest absolute Gasteiger partial charge is 0.416 e. The first-order valence-electron chi connectivity index (χ1n) is 5.94. The lowest BCUT2D eigenvalue weighted by Gasteiger charge is -2.12. The van der Waals surface area contributed by atoms with Crippen molar-refractivity contribution in [3.63, 3.8) is 0 Å². The minimum absolute atomic E-state index is 0.142. The normalized spacial score (nSPS) is 12.9. The van der Waals surface area contributed by atoms with E-state index in [4.69, 9.17) is 10.1 Å². The van der Waals surface area contributed by atoms with E-state index in [1.54, 1.807) is 25.1 Å². The van der Waals surface area contributed by atoms with Crippen molar-refractivity contribution in [2.75, 3.05) is 13.7 Å². The smallest absolute Gasteiger partial charge is 0.378 e. The molecular formula is C15H16F3NO. The summed E-state index contributed by atoms with van der Waals surface area (Å²) in [4.78, 5) is 0. The second-order valence-corrected chi connectivity index (χ2v) is 4.21. The summed E-state index contributed by atoms with van der Waals surface area (Å²) >= 11 is 0. The zero-order valence-electron chi connectivity index (χ0n) is 11.3. The molecule has 2 nitrogen and oxygen atoms in total. The summed E-state index contributed by atoms with van der Waals surface area (Å²) in [5.74, 6) is 0. The average Bonchev–Trinajstić information content (AvgIpc) is 2.38. The van der Waals surface area contributed by atoms with Gasteiger partial charge in [-0.2, -0.15) is 13.2 Å². The molecule has 1 rings (SSSR count). The van der Waals surface area contributed by atoms with E-state index in [1.807, 2.05) is 0 Å². The van der Waals surface area contributed by atoms with E-state index in [1.165, 1.54) is 25.3 Å². The summed E-state index contributed by atoms with van der Waals surface area (Å²) in [6.07, 6.45) is 0.208. The van der Waals surface area contributed by atoms with Crippen LogP contribution in [0.15, 0.2) is 42.5 Å². The van der Waals surface area contributed by atoms with Gasteiger partial charge in [0.1, 0.15) is 0 Å². The summed E-state index contributed by atoms with van der Waals surface area (Å²) in [5.41, 5.74) is 0.220. The van der Waals surface area contributed by atoms with Crippen LogP contribution in [0.5, 0.6) is 0 Å². The Bertz CT molecular complexity index is 530. The van der Waals surface area contributed by atoms with E-state index in [0.717, 1.165) is 6.07 Å². The number of benzene rings is 1. The van der Waals surface area contributed by atoms with Crippen LogP contribution in [0, 0.1) is 5.41 Å². The van der Waals surface area contributed by atoms with Crippen LogP contribution < -0.4 is 0 Å². The molecule has 1 aromatic carbocycles. The lowest BCUT2D eigenvalue weighted by molar-refractivity contribution is -0.137. The predicted octanol–water partition coefficient (Wildman–Crippen LogP) is 4.33. The lowest BCUT2D eigenvalue weighted by Crippen LogP contribution is -2.08. The first-order chi connectivity index (χ1) is 9.36. The van der Waals surface area contributed by atoms with Crippen molar-refractivity contribution in [3.8, 4) is 0 Å². The molecule has 0 aliphatic heterocycles. The third kappa shape index (κ3) is 4.66. The van der Waals surface area contributed by atoms with Crippen molar-refractivity contribution in [2.24, 2.45) is 0 Å². The van der Waals surface area contributed by atoms with E-state index in [0.29, 0.717) is 5.57 Å². The van der Waals surface area contributed by atoms with Gasteiger partial charge in [-0.25, -0.2) is 0 Å². The lowest BCUT2D eigenvalue weighted by atomic mass is 10.00. The minimum atomic E-state index is -4.38. The van der Waals surface area contributed by atoms with Crippen molar-refractivity contribution < 1.29 is 17.9 Å². The Morgan fingerprint density at radius 3 is 2.55 bits per heavy atom. The number of ether oxygens (including phenoxy) is 1. The van der Waals surface area contributed by atoms with Gasteiger partial charge >= 0.3 is 6.18 Å². The molecule has 20 heavy (non-hydrogen) atoms. The fraction of sp³-hybridized carbons (Fsp3) is 0.267. The third-order valence-electron chi connectivity index (χ3n) is 2.60. The number of nitrogens with one attached hydrogen (secondary N) is 1. The molecule has 0 saturated heterocycles. The quantitative estimate of drug-likeness (QED) is 0.633. The zero-order valence-corrected chi connectivity index (χ0v) is 11.3. The monoisotopic (exact) mass is 283 g/mol. The highest BCUT2D eigenvalue weighted by molar-refractivity contribution is 5.93. The van der Waals surface area contributed by atoms with Crippen molar-refractivity contribution in [3.05, 3.63) is 53.6 Å². The van der Waals surface area contributed by atoms with Crippen LogP contribution in [0.4, 0.5) is 13.2 Å². The topological polar surface area (TPSA) is 33.1 Å². The average molecular weight is 283 g/mol. The van der Waals surface area contributed by atoms with Crippen molar-refractivity contribution in [1.82, 2.24) is 0 Å². The zero-order chi connectivity index (χ0) is 15.2. The summed E-state index contributed by atoms with van der Waals surface area (Å²) in [7, 11) is 1.48. The van der Waals surface area contributed by atoms with Crippen LogP contribution in [0.1, 0.15) is 18.1 Å². The van der Waals surface area contributed by atoms with E-state index in [2.05, 4.69) is 0 Å². The molecule has 0 atom stereocenters. The minimum Gasteiger partial charge on any atom is -0.378 e. The molecule has 0 spiro atoms. The number of hydrogen-bond acceptors (Lipinski definition) is 2. The number of allylic oxidation sites excluding steroid dienone is 3. The molecule has 0 fully saturated rings. The van der Waals surface area contributed by atoms with Gasteiger partial charge in [-0.15, -0.1) is 0 Å². The van der Waals surface area contributed by atoms with Crippen LogP contribution in [0.25, 0.3) is 5.57 Å². The van der Waals surface area contributed by atoms with Crippen LogP contribution in [0.2, 0.25) is 0 Å². The predicted molar refractivity (Wildman–Crippen MR) is 73.8 cm³/mol. The highest BCUT2D eigenvalue weighted by Crippen LogP contribution is 2.34. The molecule has 1 N–H and O–H groups in total. The molecular weight excluding hydrogens is 267 g/mol. The van der Waals surface area contributed by atoms with E-state index < -0.39 is 11.7 Å². The number of hydrogen-bond donors (Lipinski definition) is 1. The van der Waals surface area contributed by atoms with Crippen LogP contribution in [-0.2, 0) is 10.9 Å². The molecule has 0 unspecified atom stereocenters. The molecule has 0 aliphatic rings. The van der Waals surface area contributed by atoms with E-state index >= 15 is 0 Å². The SMILES string of the molecule is COCC(=N)/C=C\C=C(/C)c1ccccc1C(F)(F)F. The fourth-order valence-corrected chi connectivity index (χ4v) is 1.68. The highest BCUT2D eigenvalue weighted by atomic mass is 19.4. The van der Waals surface area contributed by atoms with Crippen molar-refractivity contribution in [1.29, 1.82) is 5.41 Å². The maximum absolute atomic E-state index is 12.9. The van der Waals surface area contributed by atoms with Crippen molar-refractivity contribution >= 4 is 11.3 Å². The highest BCUT2D eigenvalue weighted by Gasteiger charge is 2.33. The molecule has 0 amide bonds. The summed E-state index contributed by atoms with van der Waals surface area (Å²) in [6, 6.07) is 5.43. The van der Waals surface area contributed by atoms with Gasteiger partial charge in [0.15, 0.2) is 0 Å². The summed E-state index contributed by atoms with van der Waals surface area (Å²) in [5, 5.41) is 7.46. The Morgan fingerprint density at radius 2 is 1.95 bits per heavy atom. The number of methoxy groups -OCH3 is 1. The van der Waals surface area contributed by atoms with Crippen LogP contribution in [-0.4, -0.2) is 19.4 Å². The van der Waals surface area contributed by atoms with E-state index in [-0.39, 0.29) is 17.9 Å². The first kappa shape index (κ1) is 16.2. The standard InChI is InChI=1S/C15H16F3NO/c1-11(6-5-7-12(19)10-20-2)13-8-3-4-9-14(13)15(16,17)18/h3-9,19H,10H2,1-2H3/b7-5-,11-6+,19-12?. The number of alkyl halides is 3. The second-order valence-electron chi connectivity index (χ2n) is 4.21. The van der Waals surface area contributed by atoms with Gasteiger partial charge in [0.05, 0.1) is 17.9 Å². The van der Waals surface area contributed by atoms with Gasteiger partial charge in [-0.3, -0.25) is 0 Å². The van der Waals surface area contributed by atoms with Crippen molar-refractivity contribution in [2.45, 2.75) is 13.1 Å². The summed E-state index contributed by atoms with van der Waals surface area (Å²) < 4.78 is 43.4. The van der Waals surface area contributed by atoms with Gasteiger partial charge in [-0.05, 0) is 30.2 Å². The molecule has 0 bridgehead atoms. The maximum Gasteiger partial charge on any atom is 0.416 e. The molecule has 1 aromatic rings. The third-order valence-corrected chi connectivity index (χ3v) is 2.60. The number of halogens is 3. The second kappa shape index (κ2) is 7.05. The molecule has 0 heterocycles. The first-order valence-corrected chi connectivity index (χ1v) is 5.94. The maximum atomic E-state index is 12.9. The van der Waals surface area contributed by atoms with Crippen LogP contribution in [0.3, 0.4) is 0 Å². The van der Waals surface area contributed by atoms with Gasteiger partial charge in [-0.1, -0.05) is 30.4 Å². The van der Waals surface area contributed by atoms with Gasteiger partial charge in [0.25, 0.3) is 0 Å². The Labute approximate surface area is 116 Å². The van der Waals surface area contributed by atoms with Gasteiger partial charge < -0.3 is 10.1 Å². The molecule has 0 saturated carbocycles. The van der Waals surface area contributed by atoms with E-state index in [9.17, 15) is 13.2 Å². The molecule has 5 heteroatoms. The fourth-order valence-electron chi connectivity index (χ4n) is 1.68. The van der Waals surface area contributed by atoms with Crippen LogP contribution >= 0.6 is 0 Å². The molecule has 108 valence electrons. The molecule has 0 aromatic heterocycles. The Balaban J connectivity index is 2.98. The molecule has 0 aliphatic carbocycles. The molecule has 0 radical (unpaired) electrons. The van der Waals surface area contributed by atoms with Gasteiger partial charge in [0, 0.05) is 7.11 Å².